The topological polar surface area (TPSA) is 91.6 Å². The summed E-state index contributed by atoms with van der Waals surface area (Å²) in [7, 11) is 1.88. The second-order valence-corrected chi connectivity index (χ2v) is 6.91. The van der Waals surface area contributed by atoms with Crippen LogP contribution in [0.5, 0.6) is 0 Å². The summed E-state index contributed by atoms with van der Waals surface area (Å²) < 4.78 is 1.91. The summed E-state index contributed by atoms with van der Waals surface area (Å²) in [6.45, 7) is 0. The highest BCUT2D eigenvalue weighted by Crippen LogP contribution is 2.26. The predicted molar refractivity (Wildman–Crippen MR) is 113 cm³/mol. The molecule has 29 heavy (non-hydrogen) atoms. The molecule has 0 spiro atoms. The highest BCUT2D eigenvalue weighted by Gasteiger charge is 2.34. The lowest BCUT2D eigenvalue weighted by molar-refractivity contribution is -0.122. The Labute approximate surface area is 170 Å². The van der Waals surface area contributed by atoms with Gasteiger partial charge in [0.25, 0.3) is 11.8 Å². The Kier molecular flexibility index (Phi) is 4.48. The Morgan fingerprint density at radius 1 is 1.14 bits per heavy atom. The van der Waals surface area contributed by atoms with Crippen LogP contribution in [0.1, 0.15) is 15.9 Å². The number of nitrogens with zero attached hydrogens (tertiary/aromatic N) is 2. The molecule has 2 amide bonds. The third kappa shape index (κ3) is 3.19. The molecule has 8 heteroatoms. The number of carboxylic acids is 1. The molecule has 144 valence electrons. The Balaban J connectivity index is 1.80. The van der Waals surface area contributed by atoms with E-state index < -0.39 is 17.8 Å². The largest absolute Gasteiger partial charge is 0.478 e. The van der Waals surface area contributed by atoms with Crippen LogP contribution < -0.4 is 10.2 Å². The zero-order valence-electron chi connectivity index (χ0n) is 15.2. The molecular weight excluding hydrogens is 390 g/mol. The number of nitrogens with one attached hydrogen (secondary N) is 1. The van der Waals surface area contributed by atoms with E-state index >= 15 is 0 Å². The first-order valence-corrected chi connectivity index (χ1v) is 9.06. The van der Waals surface area contributed by atoms with Crippen LogP contribution in [0, 0.1) is 0 Å². The summed E-state index contributed by atoms with van der Waals surface area (Å²) in [5, 5.41) is 12.5. The van der Waals surface area contributed by atoms with Crippen molar-refractivity contribution in [1.82, 2.24) is 9.88 Å². The van der Waals surface area contributed by atoms with Crippen molar-refractivity contribution in [3.8, 4) is 0 Å². The van der Waals surface area contributed by atoms with E-state index in [-0.39, 0.29) is 21.9 Å². The minimum Gasteiger partial charge on any atom is -0.478 e. The van der Waals surface area contributed by atoms with Gasteiger partial charge in [-0.25, -0.2) is 4.79 Å². The van der Waals surface area contributed by atoms with Crippen molar-refractivity contribution in [3.05, 3.63) is 71.4 Å². The fourth-order valence-electron chi connectivity index (χ4n) is 3.31. The summed E-state index contributed by atoms with van der Waals surface area (Å²) in [4.78, 5) is 38.0. The monoisotopic (exact) mass is 405 g/mol. The molecule has 1 saturated heterocycles. The second kappa shape index (κ2) is 6.99. The van der Waals surface area contributed by atoms with E-state index in [1.54, 1.807) is 6.07 Å². The molecule has 0 bridgehead atoms. The highest BCUT2D eigenvalue weighted by molar-refractivity contribution is 7.80. The van der Waals surface area contributed by atoms with Gasteiger partial charge in [0.15, 0.2) is 5.11 Å². The van der Waals surface area contributed by atoms with Gasteiger partial charge in [-0.15, -0.1) is 0 Å². The van der Waals surface area contributed by atoms with Gasteiger partial charge in [-0.1, -0.05) is 24.3 Å². The van der Waals surface area contributed by atoms with Crippen LogP contribution in [-0.2, 0) is 16.6 Å². The summed E-state index contributed by atoms with van der Waals surface area (Å²) in [6, 6.07) is 13.5. The first-order valence-electron chi connectivity index (χ1n) is 8.65. The zero-order chi connectivity index (χ0) is 20.7. The number of carbonyl (C=O) groups is 3. The van der Waals surface area contributed by atoms with Gasteiger partial charge in [-0.3, -0.25) is 19.8 Å². The number of amides is 2. The van der Waals surface area contributed by atoms with E-state index in [9.17, 15) is 19.5 Å². The molecule has 0 radical (unpaired) electrons. The number of carboxylic acid groups (broad SMARTS) is 1. The normalized spacial score (nSPS) is 15.8. The van der Waals surface area contributed by atoms with E-state index in [2.05, 4.69) is 5.32 Å². The summed E-state index contributed by atoms with van der Waals surface area (Å²) in [6.07, 6.45) is 3.36. The van der Waals surface area contributed by atoms with Crippen molar-refractivity contribution in [2.75, 3.05) is 4.90 Å². The number of anilines is 1. The van der Waals surface area contributed by atoms with Crippen molar-refractivity contribution in [3.63, 3.8) is 0 Å². The van der Waals surface area contributed by atoms with Crippen LogP contribution in [0.15, 0.2) is 60.3 Å². The minimum atomic E-state index is -1.13. The van der Waals surface area contributed by atoms with Crippen LogP contribution in [0.3, 0.4) is 0 Å². The molecule has 0 unspecified atom stereocenters. The van der Waals surface area contributed by atoms with Crippen LogP contribution in [-0.4, -0.2) is 32.6 Å². The Bertz CT molecular complexity index is 1240. The molecule has 0 aliphatic carbocycles. The van der Waals surface area contributed by atoms with Gasteiger partial charge in [0.2, 0.25) is 0 Å². The fraction of sp³-hybridized carbons (Fsp3) is 0.0476. The molecule has 1 aromatic heterocycles. The van der Waals surface area contributed by atoms with E-state index in [0.29, 0.717) is 5.56 Å². The number of aromatic carboxylic acids is 1. The Hall–Kier alpha value is -3.78. The van der Waals surface area contributed by atoms with Crippen LogP contribution >= 0.6 is 12.2 Å². The molecule has 1 fully saturated rings. The molecule has 2 N–H and O–H groups in total. The molecule has 2 heterocycles. The van der Waals surface area contributed by atoms with Crippen molar-refractivity contribution < 1.29 is 19.5 Å². The number of rotatable bonds is 3. The van der Waals surface area contributed by atoms with E-state index in [1.807, 2.05) is 42.1 Å². The highest BCUT2D eigenvalue weighted by atomic mass is 32.1. The maximum atomic E-state index is 13.1. The lowest BCUT2D eigenvalue weighted by Crippen LogP contribution is -2.54. The Morgan fingerprint density at radius 3 is 2.66 bits per heavy atom. The van der Waals surface area contributed by atoms with Gasteiger partial charge in [-0.2, -0.15) is 0 Å². The smallest absolute Gasteiger partial charge is 0.335 e. The van der Waals surface area contributed by atoms with E-state index in [4.69, 9.17) is 12.2 Å². The molecule has 1 aliphatic heterocycles. The third-order valence-electron chi connectivity index (χ3n) is 4.68. The average Bonchev–Trinajstić information content (AvgIpc) is 3.01. The minimum absolute atomic E-state index is 0.00887. The maximum Gasteiger partial charge on any atom is 0.335 e. The van der Waals surface area contributed by atoms with Gasteiger partial charge in [0.05, 0.1) is 11.3 Å². The molecule has 4 rings (SSSR count). The lowest BCUT2D eigenvalue weighted by atomic mass is 10.1. The van der Waals surface area contributed by atoms with Crippen LogP contribution in [0.2, 0.25) is 0 Å². The molecule has 2 aromatic carbocycles. The number of hydrogen-bond donors (Lipinski definition) is 2. The predicted octanol–water partition coefficient (Wildman–Crippen LogP) is 2.71. The molecule has 0 atom stereocenters. The number of thiocarbonyl (C=S) groups is 1. The number of hydrogen-bond acceptors (Lipinski definition) is 4. The molecule has 7 nitrogen and oxygen atoms in total. The average molecular weight is 405 g/mol. The summed E-state index contributed by atoms with van der Waals surface area (Å²) in [5.41, 5.74) is 1.87. The number of para-hydroxylation sites is 1. The number of benzene rings is 2. The molecule has 1 aliphatic rings. The fourth-order valence-corrected chi connectivity index (χ4v) is 3.59. The number of fused-ring (bicyclic) bond motifs is 1. The first-order chi connectivity index (χ1) is 13.9. The second-order valence-electron chi connectivity index (χ2n) is 6.53. The maximum absolute atomic E-state index is 13.1. The van der Waals surface area contributed by atoms with Gasteiger partial charge >= 0.3 is 5.97 Å². The van der Waals surface area contributed by atoms with Gasteiger partial charge in [0.1, 0.15) is 5.57 Å². The third-order valence-corrected chi connectivity index (χ3v) is 4.97. The van der Waals surface area contributed by atoms with E-state index in [1.165, 1.54) is 24.3 Å². The quantitative estimate of drug-likeness (QED) is 0.397. The standard InChI is InChI=1S/C21H15N3O4S/c1-23-11-13(15-7-2-3-8-17(15)23)10-16-18(25)22-21(29)24(19(16)26)14-6-4-5-12(9-14)20(27)28/h2-11H,1H3,(H,27,28)(H,22,25,29)/b16-10-. The number of aromatic nitrogens is 1. The van der Waals surface area contributed by atoms with Crippen molar-refractivity contribution >= 4 is 57.8 Å². The van der Waals surface area contributed by atoms with Crippen molar-refractivity contribution in [1.29, 1.82) is 0 Å². The van der Waals surface area contributed by atoms with Crippen LogP contribution in [0.25, 0.3) is 17.0 Å². The zero-order valence-corrected chi connectivity index (χ0v) is 16.1. The molecule has 0 saturated carbocycles. The van der Waals surface area contributed by atoms with Gasteiger partial charge < -0.3 is 9.67 Å². The van der Waals surface area contributed by atoms with Gasteiger partial charge in [-0.05, 0) is 42.6 Å². The van der Waals surface area contributed by atoms with Crippen LogP contribution in [0.4, 0.5) is 5.69 Å². The lowest BCUT2D eigenvalue weighted by Gasteiger charge is -2.29. The molecule has 3 aromatic rings. The molecular formula is C21H15N3O4S. The number of carbonyl (C=O) groups excluding carboxylic acids is 2. The first kappa shape index (κ1) is 18.6. The summed E-state index contributed by atoms with van der Waals surface area (Å²) in [5.74, 6) is -2.34. The van der Waals surface area contributed by atoms with Crippen molar-refractivity contribution in [2.24, 2.45) is 7.05 Å². The van der Waals surface area contributed by atoms with E-state index in [0.717, 1.165) is 15.8 Å². The summed E-state index contributed by atoms with van der Waals surface area (Å²) >= 11 is 5.17. The number of aryl methyl sites for hydroxylation is 1. The Morgan fingerprint density at radius 2 is 1.90 bits per heavy atom. The SMILES string of the molecule is Cn1cc(/C=C2/C(=O)NC(=S)N(c3cccc(C(=O)O)c3)C2=O)c2ccccc21. The van der Waals surface area contributed by atoms with Gasteiger partial charge in [0, 0.05) is 29.7 Å². The van der Waals surface area contributed by atoms with Crippen molar-refractivity contribution in [2.45, 2.75) is 0 Å².